The van der Waals surface area contributed by atoms with Gasteiger partial charge in [0.05, 0.1) is 0 Å². The second kappa shape index (κ2) is 9.01. The van der Waals surface area contributed by atoms with E-state index in [-0.39, 0.29) is 35.5 Å². The number of primary amides is 1. The van der Waals surface area contributed by atoms with Crippen LogP contribution in [-0.2, 0) is 28.3 Å². The van der Waals surface area contributed by atoms with Gasteiger partial charge in [-0.3, -0.25) is 9.59 Å². The number of aromatic nitrogens is 1. The van der Waals surface area contributed by atoms with Crippen LogP contribution in [0.15, 0.2) is 41.4 Å². The van der Waals surface area contributed by atoms with Crippen molar-refractivity contribution in [2.45, 2.75) is 37.5 Å². The van der Waals surface area contributed by atoms with Crippen LogP contribution in [0.5, 0.6) is 0 Å². The van der Waals surface area contributed by atoms with Gasteiger partial charge in [-0.05, 0) is 43.0 Å². The molecule has 8 nitrogen and oxygen atoms in total. The summed E-state index contributed by atoms with van der Waals surface area (Å²) in [6.07, 6.45) is 4.34. The number of carbonyl (C=O) groups is 2. The Morgan fingerprint density at radius 1 is 1.17 bits per heavy atom. The number of carbonyl (C=O) groups excluding carboxylic acids is 2. The van der Waals surface area contributed by atoms with Gasteiger partial charge in [0, 0.05) is 37.9 Å². The zero-order chi connectivity index (χ0) is 21.9. The minimum Gasteiger partial charge on any atom is -0.364 e. The molecule has 0 aliphatic carbocycles. The third-order valence-corrected chi connectivity index (χ3v) is 7.32. The smallest absolute Gasteiger partial charge is 0.265 e. The lowest BCUT2D eigenvalue weighted by molar-refractivity contribution is -0.120. The summed E-state index contributed by atoms with van der Waals surface area (Å²) in [7, 11) is -2.17. The summed E-state index contributed by atoms with van der Waals surface area (Å²) in [6, 6.07) is 9.10. The van der Waals surface area contributed by atoms with Gasteiger partial charge < -0.3 is 15.6 Å². The number of piperidine rings is 1. The number of nitrogens with two attached hydrogens (primary N) is 1. The van der Waals surface area contributed by atoms with E-state index in [1.807, 2.05) is 24.3 Å². The predicted molar refractivity (Wildman–Crippen MR) is 114 cm³/mol. The van der Waals surface area contributed by atoms with Gasteiger partial charge in [0.2, 0.25) is 15.9 Å². The van der Waals surface area contributed by atoms with Gasteiger partial charge in [0.15, 0.2) is 0 Å². The van der Waals surface area contributed by atoms with Crippen molar-refractivity contribution in [3.63, 3.8) is 0 Å². The van der Waals surface area contributed by atoms with E-state index < -0.39 is 15.9 Å². The quantitative estimate of drug-likeness (QED) is 0.697. The highest BCUT2D eigenvalue weighted by atomic mass is 32.2. The van der Waals surface area contributed by atoms with Crippen LogP contribution in [0.2, 0.25) is 0 Å². The molecule has 30 heavy (non-hydrogen) atoms. The minimum atomic E-state index is -3.74. The predicted octanol–water partition coefficient (Wildman–Crippen LogP) is 2.12. The summed E-state index contributed by atoms with van der Waals surface area (Å²) < 4.78 is 28.5. The molecule has 3 N–H and O–H groups in total. The van der Waals surface area contributed by atoms with Crippen molar-refractivity contribution in [1.29, 1.82) is 0 Å². The molecule has 1 saturated heterocycles. The average molecular weight is 433 g/mol. The molecule has 0 bridgehead atoms. The van der Waals surface area contributed by atoms with Gasteiger partial charge in [0.1, 0.15) is 10.6 Å². The van der Waals surface area contributed by atoms with Crippen LogP contribution in [0.25, 0.3) is 0 Å². The molecule has 0 unspecified atom stereocenters. The van der Waals surface area contributed by atoms with Crippen molar-refractivity contribution in [2.24, 2.45) is 18.7 Å². The topological polar surface area (TPSA) is 114 Å². The Morgan fingerprint density at radius 3 is 2.33 bits per heavy atom. The van der Waals surface area contributed by atoms with E-state index in [1.54, 1.807) is 7.05 Å². The molecule has 0 radical (unpaired) electrons. The number of rotatable bonds is 7. The van der Waals surface area contributed by atoms with E-state index in [0.717, 1.165) is 18.5 Å². The molecule has 162 valence electrons. The molecule has 1 aromatic heterocycles. The normalized spacial score (nSPS) is 15.8. The first-order valence-electron chi connectivity index (χ1n) is 10.1. The molecule has 0 atom stereocenters. The number of hydrogen-bond acceptors (Lipinski definition) is 4. The van der Waals surface area contributed by atoms with Gasteiger partial charge in [0.25, 0.3) is 5.91 Å². The molecule has 1 aliphatic heterocycles. The monoisotopic (exact) mass is 432 g/mol. The molecular formula is C21H28N4O4S. The summed E-state index contributed by atoms with van der Waals surface area (Å²) in [5.41, 5.74) is 7.39. The van der Waals surface area contributed by atoms with E-state index in [4.69, 9.17) is 5.73 Å². The number of amides is 2. The molecule has 0 saturated carbocycles. The lowest BCUT2D eigenvalue weighted by atomic mass is 9.97. The molecule has 3 rings (SSSR count). The Labute approximate surface area is 177 Å². The van der Waals surface area contributed by atoms with Crippen molar-refractivity contribution in [3.8, 4) is 0 Å². The molecule has 1 aromatic carbocycles. The molecule has 2 heterocycles. The summed E-state index contributed by atoms with van der Waals surface area (Å²) in [5, 5.41) is 2.93. The van der Waals surface area contributed by atoms with Gasteiger partial charge in [-0.25, -0.2) is 8.42 Å². The van der Waals surface area contributed by atoms with Crippen LogP contribution in [-0.4, -0.2) is 42.2 Å². The number of nitrogens with zero attached hydrogens (tertiary/aromatic N) is 2. The summed E-state index contributed by atoms with van der Waals surface area (Å²) >= 11 is 0. The minimum absolute atomic E-state index is 0.0360. The SMILES string of the molecule is CCCc1ccc(NC(=O)C2CCN(S(=O)(=O)c3cc(C(N)=O)n(C)c3)CC2)cc1. The standard InChI is InChI=1S/C21H28N4O4S/c1-3-4-15-5-7-17(8-6-15)23-21(27)16-9-11-25(12-10-16)30(28,29)18-13-19(20(22)26)24(2)14-18/h5-8,13-14,16H,3-4,9-12H2,1-2H3,(H2,22,26)(H,23,27). The summed E-state index contributed by atoms with van der Waals surface area (Å²) in [6.45, 7) is 2.62. The largest absolute Gasteiger partial charge is 0.364 e. The number of sulfonamides is 1. The highest BCUT2D eigenvalue weighted by molar-refractivity contribution is 7.89. The first-order chi connectivity index (χ1) is 14.2. The maximum atomic E-state index is 12.9. The zero-order valence-electron chi connectivity index (χ0n) is 17.3. The first-order valence-corrected chi connectivity index (χ1v) is 11.5. The van der Waals surface area contributed by atoms with Crippen molar-refractivity contribution in [2.75, 3.05) is 18.4 Å². The van der Waals surface area contributed by atoms with Crippen LogP contribution in [0.1, 0.15) is 42.2 Å². The highest BCUT2D eigenvalue weighted by Crippen LogP contribution is 2.26. The number of hydrogen-bond donors (Lipinski definition) is 2. The molecule has 0 spiro atoms. The molecular weight excluding hydrogens is 404 g/mol. The third-order valence-electron chi connectivity index (χ3n) is 5.45. The van der Waals surface area contributed by atoms with Crippen LogP contribution < -0.4 is 11.1 Å². The highest BCUT2D eigenvalue weighted by Gasteiger charge is 2.33. The van der Waals surface area contributed by atoms with Gasteiger partial charge in [-0.15, -0.1) is 0 Å². The van der Waals surface area contributed by atoms with Gasteiger partial charge in [-0.1, -0.05) is 25.5 Å². The van der Waals surface area contributed by atoms with E-state index in [0.29, 0.717) is 12.8 Å². The number of anilines is 1. The number of nitrogens with one attached hydrogen (secondary N) is 1. The van der Waals surface area contributed by atoms with Crippen molar-refractivity contribution < 1.29 is 18.0 Å². The summed E-state index contributed by atoms with van der Waals surface area (Å²) in [4.78, 5) is 24.0. The Morgan fingerprint density at radius 2 is 1.80 bits per heavy atom. The van der Waals surface area contributed by atoms with Crippen molar-refractivity contribution >= 4 is 27.5 Å². The second-order valence-corrected chi connectivity index (χ2v) is 9.59. The van der Waals surface area contributed by atoms with Crippen LogP contribution in [0.4, 0.5) is 5.69 Å². The van der Waals surface area contributed by atoms with Gasteiger partial charge >= 0.3 is 0 Å². The third kappa shape index (κ3) is 4.73. The number of benzene rings is 1. The Hall–Kier alpha value is -2.65. The molecule has 2 aromatic rings. The van der Waals surface area contributed by atoms with Crippen LogP contribution in [0.3, 0.4) is 0 Å². The van der Waals surface area contributed by atoms with Crippen LogP contribution in [0, 0.1) is 5.92 Å². The number of aryl methyl sites for hydroxylation is 2. The van der Waals surface area contributed by atoms with Crippen LogP contribution >= 0.6 is 0 Å². The zero-order valence-corrected chi connectivity index (χ0v) is 18.1. The van der Waals surface area contributed by atoms with Crippen molar-refractivity contribution in [1.82, 2.24) is 8.87 Å². The second-order valence-electron chi connectivity index (χ2n) is 7.65. The van der Waals surface area contributed by atoms with Crippen molar-refractivity contribution in [3.05, 3.63) is 47.8 Å². The van der Waals surface area contributed by atoms with E-state index in [2.05, 4.69) is 12.2 Å². The fraction of sp³-hybridized carbons (Fsp3) is 0.429. The average Bonchev–Trinajstić information content (AvgIpc) is 3.12. The molecule has 1 aliphatic rings. The van der Waals surface area contributed by atoms with Gasteiger partial charge in [-0.2, -0.15) is 4.31 Å². The van der Waals surface area contributed by atoms with E-state index in [1.165, 1.54) is 26.7 Å². The summed E-state index contributed by atoms with van der Waals surface area (Å²) in [5.74, 6) is -1.02. The van der Waals surface area contributed by atoms with E-state index in [9.17, 15) is 18.0 Å². The lowest BCUT2D eigenvalue weighted by Crippen LogP contribution is -2.41. The molecule has 1 fully saturated rings. The molecule has 9 heteroatoms. The fourth-order valence-corrected chi connectivity index (χ4v) is 5.26. The molecule has 2 amide bonds. The maximum absolute atomic E-state index is 12.9. The Balaban J connectivity index is 1.60. The van der Waals surface area contributed by atoms with E-state index >= 15 is 0 Å². The lowest BCUT2D eigenvalue weighted by Gasteiger charge is -2.30. The fourth-order valence-electron chi connectivity index (χ4n) is 3.72. The maximum Gasteiger partial charge on any atom is 0.265 e. The Kier molecular flexibility index (Phi) is 6.62. The Bertz CT molecular complexity index is 1020. The first kappa shape index (κ1) is 22.0.